The summed E-state index contributed by atoms with van der Waals surface area (Å²) in [6.07, 6.45) is 4.82. The minimum absolute atomic E-state index is 0.143. The Morgan fingerprint density at radius 2 is 1.88 bits per heavy atom. The van der Waals surface area contributed by atoms with Crippen LogP contribution >= 0.6 is 0 Å². The molecule has 6 heteroatoms. The van der Waals surface area contributed by atoms with Crippen LogP contribution in [-0.4, -0.2) is 56.0 Å². The molecule has 3 rings (SSSR count). The maximum Gasteiger partial charge on any atom is 0.245 e. The van der Waals surface area contributed by atoms with Gasteiger partial charge < -0.3 is 14.0 Å². The molecular weight excluding hydrogens is 314 g/mol. The van der Waals surface area contributed by atoms with Crippen molar-refractivity contribution in [2.75, 3.05) is 26.2 Å². The van der Waals surface area contributed by atoms with E-state index in [0.29, 0.717) is 0 Å². The molecule has 1 amide bonds. The fourth-order valence-electron chi connectivity index (χ4n) is 3.76. The van der Waals surface area contributed by atoms with E-state index >= 15 is 0 Å². The Morgan fingerprint density at radius 1 is 1.16 bits per heavy atom. The molecule has 0 saturated carbocycles. The van der Waals surface area contributed by atoms with Crippen molar-refractivity contribution in [3.05, 3.63) is 41.7 Å². The summed E-state index contributed by atoms with van der Waals surface area (Å²) < 4.78 is 4.20. The zero-order valence-electron chi connectivity index (χ0n) is 15.8. The Morgan fingerprint density at radius 3 is 2.52 bits per heavy atom. The molecule has 3 heterocycles. The van der Waals surface area contributed by atoms with Crippen LogP contribution in [0.4, 0.5) is 0 Å². The quantitative estimate of drug-likeness (QED) is 0.854. The zero-order chi connectivity index (χ0) is 18.0. The van der Waals surface area contributed by atoms with Crippen LogP contribution < -0.4 is 0 Å². The molecule has 2 aromatic heterocycles. The highest BCUT2D eigenvalue weighted by atomic mass is 16.2. The second-order valence-electron chi connectivity index (χ2n) is 7.07. The Bertz CT molecular complexity index is 713. The van der Waals surface area contributed by atoms with Crippen LogP contribution in [0, 0.1) is 13.8 Å². The molecule has 0 N–H and O–H groups in total. The average molecular weight is 343 g/mol. The molecule has 6 nitrogen and oxygen atoms in total. The molecule has 0 spiro atoms. The maximum absolute atomic E-state index is 13.0. The number of hydrogen-bond acceptors (Lipinski definition) is 3. The molecule has 0 bridgehead atoms. The summed E-state index contributed by atoms with van der Waals surface area (Å²) in [4.78, 5) is 21.8. The summed E-state index contributed by atoms with van der Waals surface area (Å²) in [5.74, 6) is 1.30. The number of amides is 1. The molecule has 1 fully saturated rings. The molecule has 1 atom stereocenters. The molecule has 0 aliphatic carbocycles. The first-order valence-corrected chi connectivity index (χ1v) is 9.09. The molecule has 0 radical (unpaired) electrons. The predicted octanol–water partition coefficient (Wildman–Crippen LogP) is 2.13. The van der Waals surface area contributed by atoms with Gasteiger partial charge in [0.05, 0.1) is 6.54 Å². The first kappa shape index (κ1) is 17.7. The van der Waals surface area contributed by atoms with Crippen molar-refractivity contribution in [3.63, 3.8) is 0 Å². The van der Waals surface area contributed by atoms with Gasteiger partial charge in [-0.2, -0.15) is 0 Å². The van der Waals surface area contributed by atoms with E-state index in [1.54, 1.807) is 0 Å². The second-order valence-corrected chi connectivity index (χ2v) is 7.07. The van der Waals surface area contributed by atoms with Crippen LogP contribution in [0.15, 0.2) is 24.5 Å². The Hall–Kier alpha value is -2.08. The predicted molar refractivity (Wildman–Crippen MR) is 98.3 cm³/mol. The number of aromatic nitrogens is 3. The fraction of sp³-hybridized carbons (Fsp3) is 0.579. The number of rotatable bonds is 4. The molecule has 1 aliphatic rings. The van der Waals surface area contributed by atoms with Crippen LogP contribution in [0.3, 0.4) is 0 Å². The lowest BCUT2D eigenvalue weighted by atomic mass is 10.2. The standard InChI is InChI=1S/C19H29N5O/c1-15-6-7-16(2)24(15)17(3)19(25)23-10-5-9-22(12-13-23)14-18-20-8-11-21(18)4/h6-8,11,17H,5,9-10,12-14H2,1-4H3/t17-/m0/s1. The highest BCUT2D eigenvalue weighted by Crippen LogP contribution is 2.19. The SMILES string of the molecule is Cc1ccc(C)n1[C@@H](C)C(=O)N1CCCN(Cc2nccn2C)CC1. The van der Waals surface area contributed by atoms with Crippen molar-refractivity contribution >= 4 is 5.91 Å². The summed E-state index contributed by atoms with van der Waals surface area (Å²) >= 11 is 0. The minimum Gasteiger partial charge on any atom is -0.340 e. The van der Waals surface area contributed by atoms with Gasteiger partial charge in [0.25, 0.3) is 0 Å². The molecule has 0 aromatic carbocycles. The van der Waals surface area contributed by atoms with E-state index in [2.05, 4.69) is 45.0 Å². The summed E-state index contributed by atoms with van der Waals surface area (Å²) in [5.41, 5.74) is 2.29. The van der Waals surface area contributed by atoms with Crippen LogP contribution in [0.2, 0.25) is 0 Å². The van der Waals surface area contributed by atoms with E-state index in [4.69, 9.17) is 0 Å². The van der Waals surface area contributed by atoms with Gasteiger partial charge in [-0.25, -0.2) is 4.98 Å². The van der Waals surface area contributed by atoms with Gasteiger partial charge in [0.15, 0.2) is 0 Å². The normalized spacial score (nSPS) is 17.5. The van der Waals surface area contributed by atoms with Gasteiger partial charge in [-0.3, -0.25) is 9.69 Å². The van der Waals surface area contributed by atoms with Gasteiger partial charge in [0.1, 0.15) is 11.9 Å². The minimum atomic E-state index is -0.143. The largest absolute Gasteiger partial charge is 0.340 e. The molecule has 2 aromatic rings. The topological polar surface area (TPSA) is 46.3 Å². The number of hydrogen-bond donors (Lipinski definition) is 0. The number of carbonyl (C=O) groups excluding carboxylic acids is 1. The van der Waals surface area contributed by atoms with Crippen LogP contribution in [-0.2, 0) is 18.4 Å². The van der Waals surface area contributed by atoms with E-state index < -0.39 is 0 Å². The van der Waals surface area contributed by atoms with Crippen LogP contribution in [0.1, 0.15) is 36.6 Å². The van der Waals surface area contributed by atoms with Gasteiger partial charge >= 0.3 is 0 Å². The molecule has 0 unspecified atom stereocenters. The first-order valence-electron chi connectivity index (χ1n) is 9.09. The first-order chi connectivity index (χ1) is 12.0. The van der Waals surface area contributed by atoms with Gasteiger partial charge in [0.2, 0.25) is 5.91 Å². The van der Waals surface area contributed by atoms with E-state index in [1.165, 1.54) is 0 Å². The smallest absolute Gasteiger partial charge is 0.245 e. The molecule has 25 heavy (non-hydrogen) atoms. The van der Waals surface area contributed by atoms with Gasteiger partial charge in [-0.15, -0.1) is 0 Å². The molecular formula is C19H29N5O. The molecule has 1 aliphatic heterocycles. The monoisotopic (exact) mass is 343 g/mol. The van der Waals surface area contributed by atoms with Gasteiger partial charge in [0, 0.05) is 57.0 Å². The average Bonchev–Trinajstić information content (AvgIpc) is 3.04. The lowest BCUT2D eigenvalue weighted by molar-refractivity contribution is -0.134. The van der Waals surface area contributed by atoms with Crippen molar-refractivity contribution in [2.45, 2.75) is 39.8 Å². The van der Waals surface area contributed by atoms with E-state index in [9.17, 15) is 4.79 Å². The van der Waals surface area contributed by atoms with Gasteiger partial charge in [-0.05, 0) is 39.3 Å². The highest BCUT2D eigenvalue weighted by Gasteiger charge is 2.25. The lowest BCUT2D eigenvalue weighted by Crippen LogP contribution is -2.39. The Kier molecular flexibility index (Phi) is 5.27. The summed E-state index contributed by atoms with van der Waals surface area (Å²) in [5, 5.41) is 0. The van der Waals surface area contributed by atoms with Crippen molar-refractivity contribution in [2.24, 2.45) is 7.05 Å². The van der Waals surface area contributed by atoms with E-state index in [1.807, 2.05) is 31.3 Å². The molecule has 136 valence electrons. The number of imidazole rings is 1. The van der Waals surface area contributed by atoms with E-state index in [-0.39, 0.29) is 11.9 Å². The maximum atomic E-state index is 13.0. The van der Waals surface area contributed by atoms with Crippen molar-refractivity contribution in [1.29, 1.82) is 0 Å². The van der Waals surface area contributed by atoms with Crippen molar-refractivity contribution in [1.82, 2.24) is 23.9 Å². The van der Waals surface area contributed by atoms with Crippen LogP contribution in [0.5, 0.6) is 0 Å². The number of nitrogens with zero attached hydrogens (tertiary/aromatic N) is 5. The summed E-state index contributed by atoms with van der Waals surface area (Å²) in [6, 6.07) is 4.02. The van der Waals surface area contributed by atoms with Gasteiger partial charge in [-0.1, -0.05) is 0 Å². The highest BCUT2D eigenvalue weighted by molar-refractivity contribution is 5.80. The third-order valence-electron chi connectivity index (χ3n) is 5.26. The Labute approximate surface area is 150 Å². The van der Waals surface area contributed by atoms with Crippen molar-refractivity contribution < 1.29 is 4.79 Å². The van der Waals surface area contributed by atoms with E-state index in [0.717, 1.165) is 56.4 Å². The summed E-state index contributed by atoms with van der Waals surface area (Å²) in [6.45, 7) is 10.5. The zero-order valence-corrected chi connectivity index (χ0v) is 15.8. The van der Waals surface area contributed by atoms with Crippen LogP contribution in [0.25, 0.3) is 0 Å². The third kappa shape index (κ3) is 3.79. The number of carbonyl (C=O) groups is 1. The third-order valence-corrected chi connectivity index (χ3v) is 5.26. The second kappa shape index (κ2) is 7.44. The lowest BCUT2D eigenvalue weighted by Gasteiger charge is -2.27. The fourth-order valence-corrected chi connectivity index (χ4v) is 3.76. The number of aryl methyl sites for hydroxylation is 3. The Balaban J connectivity index is 1.62. The molecule has 1 saturated heterocycles. The summed E-state index contributed by atoms with van der Waals surface area (Å²) in [7, 11) is 2.03. The van der Waals surface area contributed by atoms with Crippen molar-refractivity contribution in [3.8, 4) is 0 Å².